The molecule has 0 amide bonds. The second-order valence-electron chi connectivity index (χ2n) is 18.5. The molecule has 10 nitrogen and oxygen atoms in total. The Morgan fingerprint density at radius 2 is 1.82 bits per heavy atom. The lowest BCUT2D eigenvalue weighted by atomic mass is 9.37. The van der Waals surface area contributed by atoms with Crippen LogP contribution in [0.5, 0.6) is 5.88 Å². The largest absolute Gasteiger partial charge is 0.468 e. The number of Topliss-reactive ketones (excluding diaryl/α,β-unsaturated/α-hetero) is 1. The topological polar surface area (TPSA) is 120 Å². The van der Waals surface area contributed by atoms with Crippen LogP contribution < -0.4 is 4.74 Å². The molecule has 7 aliphatic rings. The van der Waals surface area contributed by atoms with Crippen LogP contribution in [0.25, 0.3) is 5.57 Å². The number of ketones is 1. The predicted molar refractivity (Wildman–Crippen MR) is 213 cm³/mol. The van der Waals surface area contributed by atoms with Gasteiger partial charge in [-0.1, -0.05) is 54.0 Å². The number of carbonyl (C=O) groups excluding carboxylic acids is 2. The maximum atomic E-state index is 15.0. The van der Waals surface area contributed by atoms with Gasteiger partial charge in [0.2, 0.25) is 5.88 Å². The maximum absolute atomic E-state index is 15.0. The zero-order valence-electron chi connectivity index (χ0n) is 34.9. The van der Waals surface area contributed by atoms with Crippen molar-refractivity contribution in [2.75, 3.05) is 39.5 Å². The monoisotopic (exact) mass is 764 g/mol. The van der Waals surface area contributed by atoms with E-state index >= 15 is 0 Å². The minimum absolute atomic E-state index is 0. The van der Waals surface area contributed by atoms with Crippen molar-refractivity contribution in [3.63, 3.8) is 0 Å². The average Bonchev–Trinajstić information content (AvgIpc) is 3.76. The van der Waals surface area contributed by atoms with Crippen LogP contribution in [0.3, 0.4) is 0 Å². The summed E-state index contributed by atoms with van der Waals surface area (Å²) in [4.78, 5) is 40.0. The summed E-state index contributed by atoms with van der Waals surface area (Å²) in [6, 6.07) is 0. The zero-order valence-corrected chi connectivity index (χ0v) is 34.9. The molecule has 4 heterocycles. The molecular formula is C45H69N3O7. The third-order valence-electron chi connectivity index (χ3n) is 16.2. The molecule has 8 rings (SSSR count). The number of cyclic esters (lactones) is 1. The number of aliphatic hydroxyl groups excluding tert-OH is 1. The van der Waals surface area contributed by atoms with Crippen molar-refractivity contribution in [3.05, 3.63) is 35.3 Å². The van der Waals surface area contributed by atoms with Crippen molar-refractivity contribution in [3.8, 4) is 5.88 Å². The van der Waals surface area contributed by atoms with Gasteiger partial charge in [-0.15, -0.1) is 0 Å². The van der Waals surface area contributed by atoms with E-state index in [4.69, 9.17) is 18.9 Å². The van der Waals surface area contributed by atoms with Crippen LogP contribution in [0, 0.1) is 51.8 Å². The molecule has 1 aromatic heterocycles. The number of carbonyl (C=O) groups is 2. The van der Waals surface area contributed by atoms with Gasteiger partial charge in [0.15, 0.2) is 5.78 Å². The number of likely N-dealkylation sites (tertiary alicyclic amines) is 1. The SMILES string of the molecule is CC.CCOC1CCN(CC2=C(C)CC([C@@H](C)[C@H]3CC[C@H]4C5C[C@@H](C)C6(C)[C@@H](O)C=C(c7cnc(OC8COC8)cn7)C(=O)[C@]6(C)[C@H]5CC[C@]34C)OC2=O)C1.[HH]. The summed E-state index contributed by atoms with van der Waals surface area (Å²) < 4.78 is 23.2. The molecule has 10 heteroatoms. The third-order valence-corrected chi connectivity index (χ3v) is 16.2. The lowest BCUT2D eigenvalue weighted by molar-refractivity contribution is -0.196. The summed E-state index contributed by atoms with van der Waals surface area (Å²) in [6.07, 6.45) is 11.3. The first-order chi connectivity index (χ1) is 26.3. The van der Waals surface area contributed by atoms with E-state index in [1.165, 1.54) is 5.57 Å². The number of ether oxygens (including phenoxy) is 4. The fourth-order valence-electron chi connectivity index (χ4n) is 12.8. The van der Waals surface area contributed by atoms with Crippen LogP contribution in [0.2, 0.25) is 0 Å². The lowest BCUT2D eigenvalue weighted by Gasteiger charge is -2.66. The fourth-order valence-corrected chi connectivity index (χ4v) is 12.8. The summed E-state index contributed by atoms with van der Waals surface area (Å²) in [5.74, 6) is 2.21. The number of allylic oxidation sites excluding steroid dienone is 1. The number of fused-ring (bicyclic) bond motifs is 5. The summed E-state index contributed by atoms with van der Waals surface area (Å²) >= 11 is 0. The van der Waals surface area contributed by atoms with Gasteiger partial charge in [0.1, 0.15) is 12.2 Å². The maximum Gasteiger partial charge on any atom is 0.335 e. The molecule has 12 atom stereocenters. The van der Waals surface area contributed by atoms with Crippen LogP contribution in [0.15, 0.2) is 29.6 Å². The predicted octanol–water partition coefficient (Wildman–Crippen LogP) is 7.34. The molecule has 2 saturated heterocycles. The first kappa shape index (κ1) is 40.5. The Balaban J connectivity index is 0.00000174. The molecule has 5 fully saturated rings. The second kappa shape index (κ2) is 15.6. The lowest BCUT2D eigenvalue weighted by Crippen LogP contribution is -2.66. The third kappa shape index (κ3) is 6.63. The first-order valence-electron chi connectivity index (χ1n) is 21.5. The van der Waals surface area contributed by atoms with Gasteiger partial charge in [0, 0.05) is 50.5 Å². The number of aromatic nitrogens is 2. The van der Waals surface area contributed by atoms with E-state index in [2.05, 4.69) is 56.4 Å². The van der Waals surface area contributed by atoms with Gasteiger partial charge in [-0.3, -0.25) is 9.69 Å². The van der Waals surface area contributed by atoms with E-state index in [0.717, 1.165) is 70.2 Å². The second-order valence-corrected chi connectivity index (χ2v) is 18.5. The summed E-state index contributed by atoms with van der Waals surface area (Å²) in [7, 11) is 0. The van der Waals surface area contributed by atoms with Crippen molar-refractivity contribution in [2.45, 2.75) is 132 Å². The van der Waals surface area contributed by atoms with E-state index in [1.807, 2.05) is 20.8 Å². The van der Waals surface area contributed by atoms with Crippen molar-refractivity contribution in [2.24, 2.45) is 51.8 Å². The molecular weight excluding hydrogens is 695 g/mol. The molecule has 4 unspecified atom stereocenters. The highest BCUT2D eigenvalue weighted by Gasteiger charge is 2.70. The molecule has 306 valence electrons. The van der Waals surface area contributed by atoms with Crippen LogP contribution >= 0.6 is 0 Å². The van der Waals surface area contributed by atoms with Crippen molar-refractivity contribution in [1.29, 1.82) is 0 Å². The Morgan fingerprint density at radius 3 is 2.47 bits per heavy atom. The van der Waals surface area contributed by atoms with Crippen LogP contribution in [0.4, 0.5) is 0 Å². The number of esters is 1. The summed E-state index contributed by atoms with van der Waals surface area (Å²) in [6.45, 7) is 23.8. The molecule has 4 aliphatic carbocycles. The quantitative estimate of drug-likeness (QED) is 0.256. The van der Waals surface area contributed by atoms with Gasteiger partial charge in [-0.05, 0) is 99.4 Å². The highest BCUT2D eigenvalue weighted by molar-refractivity contribution is 6.24. The summed E-state index contributed by atoms with van der Waals surface area (Å²) in [5.41, 5.74) is 1.73. The fraction of sp³-hybridized carbons (Fsp3) is 0.778. The first-order valence-corrected chi connectivity index (χ1v) is 21.5. The highest BCUT2D eigenvalue weighted by atomic mass is 16.6. The number of rotatable bonds is 9. The van der Waals surface area contributed by atoms with Crippen molar-refractivity contribution < 1.29 is 35.1 Å². The van der Waals surface area contributed by atoms with Gasteiger partial charge in [-0.25, -0.2) is 14.8 Å². The Bertz CT molecular complexity index is 1660. The minimum atomic E-state index is -0.774. The van der Waals surface area contributed by atoms with Crippen molar-refractivity contribution in [1.82, 2.24) is 14.9 Å². The van der Waals surface area contributed by atoms with Gasteiger partial charge in [0.05, 0.1) is 49.1 Å². The standard InChI is InChI=1S/C43H61N3O7.C2H6.H2/c1-8-51-27-12-14-46(20-27)21-31-24(2)15-36(53-40(31)49)26(4)32-9-10-33-29-16-25(3)42(6)37(47)17-30(35-18-45-38(19-44-35)52-28-22-50-23-28)39(48)43(42,7)34(29)11-13-41(32,33)5;1-2;/h17-19,25-29,32-34,36-37,47H,8-16,20-23H2,1-7H3;1-2H3;1H/t25-,26+,27?,29?,32-,33+,34+,36?,37+,41-,42?,43+;;/m1../s1. The molecule has 3 saturated carbocycles. The Labute approximate surface area is 330 Å². The van der Waals surface area contributed by atoms with E-state index in [-0.39, 0.29) is 54.7 Å². The Hall–Kier alpha value is -2.66. The number of hydrogen-bond acceptors (Lipinski definition) is 10. The molecule has 1 aromatic rings. The average molecular weight is 764 g/mol. The van der Waals surface area contributed by atoms with Crippen LogP contribution in [0.1, 0.15) is 114 Å². The van der Waals surface area contributed by atoms with E-state index < -0.39 is 16.9 Å². The van der Waals surface area contributed by atoms with Gasteiger partial charge < -0.3 is 24.1 Å². The molecule has 0 aromatic carbocycles. The minimum Gasteiger partial charge on any atom is -0.468 e. The molecule has 3 aliphatic heterocycles. The molecule has 1 N–H and O–H groups in total. The molecule has 0 radical (unpaired) electrons. The van der Waals surface area contributed by atoms with Gasteiger partial charge in [0.25, 0.3) is 0 Å². The van der Waals surface area contributed by atoms with E-state index in [1.54, 1.807) is 18.5 Å². The zero-order chi connectivity index (χ0) is 39.4. The van der Waals surface area contributed by atoms with Crippen LogP contribution in [-0.2, 0) is 23.8 Å². The molecule has 55 heavy (non-hydrogen) atoms. The van der Waals surface area contributed by atoms with E-state index in [9.17, 15) is 14.7 Å². The van der Waals surface area contributed by atoms with E-state index in [0.29, 0.717) is 54.7 Å². The number of aliphatic hydroxyl groups is 1. The Morgan fingerprint density at radius 1 is 1.05 bits per heavy atom. The van der Waals surface area contributed by atoms with Crippen LogP contribution in [-0.4, -0.2) is 95.6 Å². The normalized spacial score (nSPS) is 40.9. The Kier molecular flexibility index (Phi) is 11.5. The number of nitrogens with zero attached hydrogens (tertiary/aromatic N) is 3. The number of hydrogen-bond donors (Lipinski definition) is 1. The van der Waals surface area contributed by atoms with Crippen molar-refractivity contribution >= 4 is 17.3 Å². The summed E-state index contributed by atoms with van der Waals surface area (Å²) in [5, 5.41) is 12.0. The molecule has 0 spiro atoms. The van der Waals surface area contributed by atoms with Gasteiger partial charge >= 0.3 is 5.97 Å². The highest BCUT2D eigenvalue weighted by Crippen LogP contribution is 2.72. The van der Waals surface area contributed by atoms with Gasteiger partial charge in [-0.2, -0.15) is 0 Å². The molecule has 0 bridgehead atoms. The smallest absolute Gasteiger partial charge is 0.335 e.